The summed E-state index contributed by atoms with van der Waals surface area (Å²) < 4.78 is 23.8. The molecule has 3 fully saturated rings. The fourth-order valence-electron chi connectivity index (χ4n) is 7.44. The second-order valence-electron chi connectivity index (χ2n) is 13.3. The van der Waals surface area contributed by atoms with Crippen LogP contribution in [0.3, 0.4) is 0 Å². The first-order valence-electron chi connectivity index (χ1n) is 16.9. The monoisotopic (exact) mass is 655 g/mol. The number of likely N-dealkylation sites (tertiary alicyclic amines) is 1. The van der Waals surface area contributed by atoms with Gasteiger partial charge in [0.05, 0.1) is 12.0 Å². The largest absolute Gasteiger partial charge is 0.428 e. The lowest BCUT2D eigenvalue weighted by atomic mass is 9.76. The molecule has 13 nitrogen and oxygen atoms in total. The maximum Gasteiger partial charge on any atom is 0.410 e. The molecule has 3 atom stereocenters. The molecule has 0 radical (unpaired) electrons. The van der Waals surface area contributed by atoms with Crippen molar-refractivity contribution in [1.82, 2.24) is 30.8 Å². The van der Waals surface area contributed by atoms with E-state index in [0.29, 0.717) is 49.7 Å². The van der Waals surface area contributed by atoms with Crippen molar-refractivity contribution in [2.75, 3.05) is 25.3 Å². The zero-order chi connectivity index (χ0) is 33.3. The van der Waals surface area contributed by atoms with E-state index in [-0.39, 0.29) is 35.5 Å². The number of ether oxygens (including phenoxy) is 2. The van der Waals surface area contributed by atoms with Crippen molar-refractivity contribution in [1.29, 1.82) is 0 Å². The molecule has 3 amide bonds. The number of H-pyrrole nitrogens is 1. The van der Waals surface area contributed by atoms with Gasteiger partial charge in [0.1, 0.15) is 12.7 Å². The van der Waals surface area contributed by atoms with Gasteiger partial charge in [-0.05, 0) is 79.3 Å². The summed E-state index contributed by atoms with van der Waals surface area (Å²) in [6.45, 7) is 2.54. The first kappa shape index (κ1) is 34.2. The average Bonchev–Trinajstić information content (AvgIpc) is 3.79. The number of rotatable bonds is 11. The third-order valence-electron chi connectivity index (χ3n) is 10.0. The zero-order valence-corrected chi connectivity index (χ0v) is 27.2. The Labute approximate surface area is 274 Å². The molecular weight excluding hydrogens is 609 g/mol. The molecule has 2 aliphatic carbocycles. The highest BCUT2D eigenvalue weighted by Crippen LogP contribution is 2.41. The summed E-state index contributed by atoms with van der Waals surface area (Å²) in [4.78, 5) is 53.6. The first-order chi connectivity index (χ1) is 22.7. The number of carbonyl (C=O) groups is 4. The van der Waals surface area contributed by atoms with E-state index in [0.717, 1.165) is 37.7 Å². The van der Waals surface area contributed by atoms with Crippen LogP contribution in [-0.4, -0.2) is 81.5 Å². The van der Waals surface area contributed by atoms with Crippen LogP contribution in [0.4, 0.5) is 14.9 Å². The molecule has 47 heavy (non-hydrogen) atoms. The van der Waals surface area contributed by atoms with E-state index >= 15 is 0 Å². The summed E-state index contributed by atoms with van der Waals surface area (Å²) in [6.07, 6.45) is 7.76. The topological polar surface area (TPSA) is 168 Å². The number of halogens is 1. The fourth-order valence-corrected chi connectivity index (χ4v) is 7.44. The Bertz CT molecular complexity index is 1340. The molecule has 5 rings (SSSR count). The first-order valence-corrected chi connectivity index (χ1v) is 16.9. The number of amides is 3. The minimum absolute atomic E-state index is 0.0227. The van der Waals surface area contributed by atoms with Gasteiger partial charge in [0.25, 0.3) is 0 Å². The number of benzene rings is 1. The van der Waals surface area contributed by atoms with E-state index in [4.69, 9.17) is 9.47 Å². The predicted octanol–water partition coefficient (Wildman–Crippen LogP) is 4.63. The van der Waals surface area contributed by atoms with Gasteiger partial charge in [0.15, 0.2) is 0 Å². The Balaban J connectivity index is 1.19. The van der Waals surface area contributed by atoms with Gasteiger partial charge in [-0.3, -0.25) is 14.4 Å². The molecule has 3 aliphatic rings. The molecule has 2 saturated carbocycles. The summed E-state index contributed by atoms with van der Waals surface area (Å²) in [7, 11) is 0. The van der Waals surface area contributed by atoms with Crippen molar-refractivity contribution in [2.24, 2.45) is 29.6 Å². The summed E-state index contributed by atoms with van der Waals surface area (Å²) in [6, 6.07) is 5.90. The standard InChI is InChI=1S/C33H46FN7O6/c1-20(2)32(44)46-19-47-33(45)36-27(18-34)22-8-10-24(11-9-22)31(43)41-17-16-26(21-6-4-3-5-7-21)28(41)30(42)35-25-14-12-23(13-15-25)29-37-39-40-38-29/h12-15,20-22,24,26-28H,3-11,16-19H2,1-2H3,(H,35,42)(H,36,45)(H,37,38,39,40)/t22?,24?,26-,27+,28-/m0/s1. The summed E-state index contributed by atoms with van der Waals surface area (Å²) >= 11 is 0. The number of tetrazole rings is 1. The highest BCUT2D eigenvalue weighted by Gasteiger charge is 2.47. The van der Waals surface area contributed by atoms with Crippen LogP contribution in [0.15, 0.2) is 24.3 Å². The SMILES string of the molecule is CC(C)C(=O)OCOC(=O)N[C@H](CF)C1CCC(C(=O)N2CC[C@@H](C3CCCCC3)[C@H]2C(=O)Nc2ccc(-c3nn[nH]n3)cc2)CC1. The number of hydrogen-bond acceptors (Lipinski definition) is 9. The maximum atomic E-state index is 14.0. The molecule has 0 spiro atoms. The van der Waals surface area contributed by atoms with Gasteiger partial charge in [0, 0.05) is 23.7 Å². The third-order valence-corrected chi connectivity index (χ3v) is 10.0. The number of anilines is 1. The van der Waals surface area contributed by atoms with Crippen LogP contribution in [0.2, 0.25) is 0 Å². The van der Waals surface area contributed by atoms with Crippen molar-refractivity contribution in [2.45, 2.75) is 90.1 Å². The molecule has 256 valence electrons. The minimum Gasteiger partial charge on any atom is -0.428 e. The Kier molecular flexibility index (Phi) is 11.8. The third kappa shape index (κ3) is 8.63. The Morgan fingerprint density at radius 2 is 1.70 bits per heavy atom. The molecule has 0 unspecified atom stereocenters. The molecule has 1 aromatic carbocycles. The van der Waals surface area contributed by atoms with Crippen molar-refractivity contribution >= 4 is 29.6 Å². The van der Waals surface area contributed by atoms with Crippen LogP contribution in [0.25, 0.3) is 11.4 Å². The maximum absolute atomic E-state index is 14.0. The molecule has 3 N–H and O–H groups in total. The van der Waals surface area contributed by atoms with Crippen LogP contribution in [0.1, 0.15) is 78.1 Å². The lowest BCUT2D eigenvalue weighted by Gasteiger charge is -2.37. The summed E-state index contributed by atoms with van der Waals surface area (Å²) in [5.41, 5.74) is 1.39. The van der Waals surface area contributed by atoms with Crippen LogP contribution in [-0.2, 0) is 23.9 Å². The molecule has 1 saturated heterocycles. The van der Waals surface area contributed by atoms with Crippen molar-refractivity contribution in [3.05, 3.63) is 24.3 Å². The number of hydrogen-bond donors (Lipinski definition) is 3. The van der Waals surface area contributed by atoms with E-state index in [1.54, 1.807) is 30.9 Å². The smallest absolute Gasteiger partial charge is 0.410 e. The molecule has 0 bridgehead atoms. The zero-order valence-electron chi connectivity index (χ0n) is 27.2. The van der Waals surface area contributed by atoms with Crippen molar-refractivity contribution in [3.63, 3.8) is 0 Å². The number of esters is 1. The van der Waals surface area contributed by atoms with Crippen molar-refractivity contribution in [3.8, 4) is 11.4 Å². The van der Waals surface area contributed by atoms with Gasteiger partial charge >= 0.3 is 12.1 Å². The van der Waals surface area contributed by atoms with E-state index in [9.17, 15) is 23.6 Å². The molecule has 2 aromatic rings. The van der Waals surface area contributed by atoms with Gasteiger partial charge in [-0.15, -0.1) is 10.2 Å². The lowest BCUT2D eigenvalue weighted by molar-refractivity contribution is -0.155. The Hall–Kier alpha value is -4.10. The second kappa shape index (κ2) is 16.1. The van der Waals surface area contributed by atoms with E-state index in [1.165, 1.54) is 6.42 Å². The number of aromatic amines is 1. The van der Waals surface area contributed by atoms with Gasteiger partial charge < -0.3 is 25.0 Å². The summed E-state index contributed by atoms with van der Waals surface area (Å²) in [5, 5.41) is 19.6. The number of nitrogens with one attached hydrogen (secondary N) is 3. The predicted molar refractivity (Wildman–Crippen MR) is 169 cm³/mol. The number of alkyl carbamates (subject to hydrolysis) is 1. The Morgan fingerprint density at radius 1 is 0.979 bits per heavy atom. The van der Waals surface area contributed by atoms with Crippen LogP contribution < -0.4 is 10.6 Å². The van der Waals surface area contributed by atoms with E-state index < -0.39 is 37.6 Å². The van der Waals surface area contributed by atoms with Crippen LogP contribution >= 0.6 is 0 Å². The van der Waals surface area contributed by atoms with Gasteiger partial charge in [-0.25, -0.2) is 9.18 Å². The van der Waals surface area contributed by atoms with Crippen LogP contribution in [0, 0.1) is 29.6 Å². The lowest BCUT2D eigenvalue weighted by Crippen LogP contribution is -2.50. The molecule has 1 aliphatic heterocycles. The molecule has 14 heteroatoms. The second-order valence-corrected chi connectivity index (χ2v) is 13.3. The highest BCUT2D eigenvalue weighted by atomic mass is 19.1. The Morgan fingerprint density at radius 3 is 2.34 bits per heavy atom. The average molecular weight is 656 g/mol. The molecule has 1 aromatic heterocycles. The number of carbonyl (C=O) groups excluding carboxylic acids is 4. The van der Waals surface area contributed by atoms with E-state index in [2.05, 4.69) is 31.3 Å². The van der Waals surface area contributed by atoms with Crippen LogP contribution in [0.5, 0.6) is 0 Å². The fraction of sp³-hybridized carbons (Fsp3) is 0.667. The molecule has 2 heterocycles. The summed E-state index contributed by atoms with van der Waals surface area (Å²) in [5.74, 6) is -0.539. The molecular formula is C33H46FN7O6. The normalized spacial score (nSPS) is 24.0. The van der Waals surface area contributed by atoms with Crippen molar-refractivity contribution < 1.29 is 33.0 Å². The van der Waals surface area contributed by atoms with Gasteiger partial charge in [-0.2, -0.15) is 5.21 Å². The van der Waals surface area contributed by atoms with Gasteiger partial charge in [0.2, 0.25) is 24.4 Å². The van der Waals surface area contributed by atoms with Gasteiger partial charge in [-0.1, -0.05) is 46.0 Å². The quantitative estimate of drug-likeness (QED) is 0.231. The van der Waals surface area contributed by atoms with E-state index in [1.807, 2.05) is 12.1 Å². The number of aromatic nitrogens is 4. The minimum atomic E-state index is -0.855. The number of nitrogens with zero attached hydrogens (tertiary/aromatic N) is 4. The number of alkyl halides is 1. The highest BCUT2D eigenvalue weighted by molar-refractivity contribution is 5.98.